The maximum Gasteiger partial charge on any atom is 0.135 e. The van der Waals surface area contributed by atoms with Crippen molar-refractivity contribution < 1.29 is 4.74 Å². The van der Waals surface area contributed by atoms with Crippen LogP contribution in [0.3, 0.4) is 0 Å². The standard InChI is InChI=1S/C16H12O/c1-3-12-13-9-5-7-11-8-6-10-15(16(11)13)17-14(12)4-2/h3-10H,1-2H2. The Bertz CT molecular complexity index is 657. The maximum atomic E-state index is 5.85. The van der Waals surface area contributed by atoms with Gasteiger partial charge in [0.15, 0.2) is 0 Å². The molecule has 2 aromatic rings. The van der Waals surface area contributed by atoms with Crippen molar-refractivity contribution in [1.82, 2.24) is 0 Å². The minimum atomic E-state index is 0.770. The van der Waals surface area contributed by atoms with Gasteiger partial charge in [0, 0.05) is 11.0 Å². The summed E-state index contributed by atoms with van der Waals surface area (Å²) in [7, 11) is 0. The van der Waals surface area contributed by atoms with E-state index < -0.39 is 0 Å². The van der Waals surface area contributed by atoms with Crippen LogP contribution in [-0.4, -0.2) is 0 Å². The number of allylic oxidation sites excluding steroid dienone is 3. The van der Waals surface area contributed by atoms with Crippen molar-refractivity contribution in [2.45, 2.75) is 0 Å². The van der Waals surface area contributed by atoms with Gasteiger partial charge in [-0.25, -0.2) is 0 Å². The van der Waals surface area contributed by atoms with Crippen LogP contribution in [0.25, 0.3) is 16.3 Å². The number of hydrogen-bond donors (Lipinski definition) is 0. The average Bonchev–Trinajstić information content (AvgIpc) is 2.39. The molecule has 1 aliphatic heterocycles. The van der Waals surface area contributed by atoms with Gasteiger partial charge in [-0.3, -0.25) is 0 Å². The van der Waals surface area contributed by atoms with Gasteiger partial charge in [-0.15, -0.1) is 0 Å². The monoisotopic (exact) mass is 220 g/mol. The van der Waals surface area contributed by atoms with Gasteiger partial charge in [0.25, 0.3) is 0 Å². The smallest absolute Gasteiger partial charge is 0.135 e. The molecule has 1 nitrogen and oxygen atoms in total. The Labute approximate surface area is 100 Å². The summed E-state index contributed by atoms with van der Waals surface area (Å²) in [4.78, 5) is 0. The van der Waals surface area contributed by atoms with Crippen molar-refractivity contribution in [2.75, 3.05) is 0 Å². The summed E-state index contributed by atoms with van der Waals surface area (Å²) >= 11 is 0. The highest BCUT2D eigenvalue weighted by Crippen LogP contribution is 2.39. The molecule has 0 unspecified atom stereocenters. The summed E-state index contributed by atoms with van der Waals surface area (Å²) in [6.45, 7) is 7.65. The Morgan fingerprint density at radius 2 is 1.71 bits per heavy atom. The molecular formula is C16H12O. The van der Waals surface area contributed by atoms with E-state index in [-0.39, 0.29) is 0 Å². The van der Waals surface area contributed by atoms with E-state index in [1.165, 1.54) is 5.39 Å². The van der Waals surface area contributed by atoms with E-state index in [4.69, 9.17) is 4.74 Å². The molecule has 0 aromatic heterocycles. The number of ether oxygens (including phenoxy) is 1. The highest BCUT2D eigenvalue weighted by atomic mass is 16.5. The Morgan fingerprint density at radius 1 is 0.941 bits per heavy atom. The molecular weight excluding hydrogens is 208 g/mol. The largest absolute Gasteiger partial charge is 0.456 e. The second-order valence-corrected chi connectivity index (χ2v) is 3.95. The van der Waals surface area contributed by atoms with Gasteiger partial charge < -0.3 is 4.74 Å². The van der Waals surface area contributed by atoms with Gasteiger partial charge in [-0.1, -0.05) is 49.6 Å². The van der Waals surface area contributed by atoms with Crippen LogP contribution in [0.4, 0.5) is 0 Å². The summed E-state index contributed by atoms with van der Waals surface area (Å²) < 4.78 is 5.85. The van der Waals surface area contributed by atoms with Gasteiger partial charge in [-0.2, -0.15) is 0 Å². The first kappa shape index (κ1) is 9.91. The van der Waals surface area contributed by atoms with Crippen molar-refractivity contribution in [1.29, 1.82) is 0 Å². The third-order valence-electron chi connectivity index (χ3n) is 3.03. The molecule has 3 rings (SSSR count). The van der Waals surface area contributed by atoms with Crippen LogP contribution in [0.1, 0.15) is 5.56 Å². The van der Waals surface area contributed by atoms with E-state index >= 15 is 0 Å². The second-order valence-electron chi connectivity index (χ2n) is 3.95. The Morgan fingerprint density at radius 3 is 2.41 bits per heavy atom. The van der Waals surface area contributed by atoms with E-state index in [1.807, 2.05) is 18.2 Å². The molecule has 0 spiro atoms. The lowest BCUT2D eigenvalue weighted by Gasteiger charge is -2.21. The summed E-state index contributed by atoms with van der Waals surface area (Å²) in [5.74, 6) is 1.66. The zero-order chi connectivity index (χ0) is 11.8. The summed E-state index contributed by atoms with van der Waals surface area (Å²) in [5, 5.41) is 2.33. The second kappa shape index (κ2) is 3.63. The molecule has 0 bridgehead atoms. The molecule has 0 N–H and O–H groups in total. The van der Waals surface area contributed by atoms with Crippen LogP contribution in [0.2, 0.25) is 0 Å². The van der Waals surface area contributed by atoms with Gasteiger partial charge >= 0.3 is 0 Å². The first-order chi connectivity index (χ1) is 8.35. The molecule has 2 aromatic carbocycles. The van der Waals surface area contributed by atoms with Crippen molar-refractivity contribution >= 4 is 16.3 Å². The van der Waals surface area contributed by atoms with E-state index in [1.54, 1.807) is 6.08 Å². The molecule has 0 saturated carbocycles. The fourth-order valence-electron chi connectivity index (χ4n) is 2.28. The van der Waals surface area contributed by atoms with Gasteiger partial charge in [0.1, 0.15) is 11.5 Å². The van der Waals surface area contributed by atoms with Crippen molar-refractivity contribution in [2.24, 2.45) is 0 Å². The molecule has 17 heavy (non-hydrogen) atoms. The number of hydrogen-bond acceptors (Lipinski definition) is 1. The van der Waals surface area contributed by atoms with E-state index in [2.05, 4.69) is 37.4 Å². The fourth-order valence-corrected chi connectivity index (χ4v) is 2.28. The van der Waals surface area contributed by atoms with E-state index in [0.29, 0.717) is 0 Å². The zero-order valence-electron chi connectivity index (χ0n) is 9.44. The number of benzene rings is 2. The minimum absolute atomic E-state index is 0.770. The van der Waals surface area contributed by atoms with Gasteiger partial charge in [0.2, 0.25) is 0 Å². The zero-order valence-corrected chi connectivity index (χ0v) is 9.44. The molecule has 0 radical (unpaired) electrons. The van der Waals surface area contributed by atoms with Crippen LogP contribution in [0.5, 0.6) is 5.75 Å². The Hall–Kier alpha value is -2.28. The lowest BCUT2D eigenvalue weighted by molar-refractivity contribution is 0.449. The quantitative estimate of drug-likeness (QED) is 0.732. The van der Waals surface area contributed by atoms with Crippen molar-refractivity contribution in [3.8, 4) is 5.75 Å². The van der Waals surface area contributed by atoms with Crippen LogP contribution in [0, 0.1) is 0 Å². The highest BCUT2D eigenvalue weighted by Gasteiger charge is 2.18. The molecule has 82 valence electrons. The van der Waals surface area contributed by atoms with Crippen LogP contribution >= 0.6 is 0 Å². The summed E-state index contributed by atoms with van der Waals surface area (Å²) in [5.41, 5.74) is 2.17. The topological polar surface area (TPSA) is 9.23 Å². The average molecular weight is 220 g/mol. The van der Waals surface area contributed by atoms with Gasteiger partial charge in [-0.05, 0) is 23.1 Å². The lowest BCUT2D eigenvalue weighted by Crippen LogP contribution is -2.03. The predicted octanol–water partition coefficient (Wildman–Crippen LogP) is 4.32. The van der Waals surface area contributed by atoms with Crippen molar-refractivity contribution in [3.63, 3.8) is 0 Å². The Balaban J connectivity index is 2.46. The molecule has 0 atom stereocenters. The van der Waals surface area contributed by atoms with Crippen LogP contribution in [0.15, 0.2) is 67.5 Å². The molecule has 0 saturated heterocycles. The normalized spacial score (nSPS) is 13.4. The van der Waals surface area contributed by atoms with E-state index in [9.17, 15) is 0 Å². The molecule has 0 amide bonds. The van der Waals surface area contributed by atoms with Crippen molar-refractivity contribution in [3.05, 3.63) is 73.0 Å². The summed E-state index contributed by atoms with van der Waals surface area (Å²) in [6.07, 6.45) is 3.55. The van der Waals surface area contributed by atoms with E-state index in [0.717, 1.165) is 28.0 Å². The molecule has 1 heteroatoms. The fraction of sp³-hybridized carbons (Fsp3) is 0. The lowest BCUT2D eigenvalue weighted by atomic mass is 9.94. The first-order valence-corrected chi connectivity index (χ1v) is 5.54. The van der Waals surface area contributed by atoms with Crippen LogP contribution < -0.4 is 4.74 Å². The van der Waals surface area contributed by atoms with Crippen LogP contribution in [-0.2, 0) is 0 Å². The highest BCUT2D eigenvalue weighted by molar-refractivity contribution is 6.02. The number of rotatable bonds is 2. The predicted molar refractivity (Wildman–Crippen MR) is 71.9 cm³/mol. The first-order valence-electron chi connectivity index (χ1n) is 5.54. The summed E-state index contributed by atoms with van der Waals surface area (Å²) in [6, 6.07) is 12.3. The molecule has 0 aliphatic carbocycles. The van der Waals surface area contributed by atoms with Gasteiger partial charge in [0.05, 0.1) is 0 Å². The Kier molecular flexibility index (Phi) is 2.12. The molecule has 1 heterocycles. The minimum Gasteiger partial charge on any atom is -0.456 e. The molecule has 1 aliphatic rings. The third-order valence-corrected chi connectivity index (χ3v) is 3.03. The maximum absolute atomic E-state index is 5.85. The molecule has 0 fully saturated rings. The SMILES string of the molecule is C=CC1=C(C=C)c2cccc3cccc(c23)O1. The third kappa shape index (κ3) is 1.32.